The van der Waals surface area contributed by atoms with Gasteiger partial charge in [0, 0.05) is 18.8 Å². The Morgan fingerprint density at radius 1 is 1.16 bits per heavy atom. The van der Waals surface area contributed by atoms with Crippen molar-refractivity contribution in [3.8, 4) is 5.75 Å². The molecule has 4 heteroatoms. The lowest BCUT2D eigenvalue weighted by atomic mass is 10.1. The van der Waals surface area contributed by atoms with Crippen LogP contribution in [0.2, 0.25) is 0 Å². The lowest BCUT2D eigenvalue weighted by molar-refractivity contribution is -0.129. The molecule has 2 rings (SSSR count). The van der Waals surface area contributed by atoms with Gasteiger partial charge in [-0.1, -0.05) is 18.2 Å². The van der Waals surface area contributed by atoms with Crippen molar-refractivity contribution < 1.29 is 9.53 Å². The van der Waals surface area contributed by atoms with E-state index in [0.717, 1.165) is 37.4 Å². The van der Waals surface area contributed by atoms with Gasteiger partial charge in [0.05, 0.1) is 12.4 Å². The molecule has 0 radical (unpaired) electrons. The number of amides is 1. The van der Waals surface area contributed by atoms with Crippen LogP contribution >= 0.6 is 11.8 Å². The van der Waals surface area contributed by atoms with Crippen LogP contribution in [0.3, 0.4) is 0 Å². The van der Waals surface area contributed by atoms with E-state index in [1.807, 2.05) is 35.2 Å². The molecule has 0 saturated carbocycles. The largest absolute Gasteiger partial charge is 0.493 e. The molecule has 3 nitrogen and oxygen atoms in total. The van der Waals surface area contributed by atoms with Gasteiger partial charge in [-0.3, -0.25) is 4.79 Å². The molecule has 1 saturated heterocycles. The molecule has 0 bridgehead atoms. The smallest absolute Gasteiger partial charge is 0.232 e. The third-order valence-corrected chi connectivity index (χ3v) is 4.08. The summed E-state index contributed by atoms with van der Waals surface area (Å²) in [5, 5.41) is 0. The van der Waals surface area contributed by atoms with Crippen LogP contribution in [0.25, 0.3) is 0 Å². The van der Waals surface area contributed by atoms with E-state index in [-0.39, 0.29) is 5.91 Å². The third kappa shape index (κ3) is 5.15. The van der Waals surface area contributed by atoms with Crippen LogP contribution in [-0.4, -0.2) is 42.0 Å². The normalized spacial score (nSPS) is 15.3. The van der Waals surface area contributed by atoms with Gasteiger partial charge in [0.15, 0.2) is 0 Å². The van der Waals surface area contributed by atoms with E-state index in [1.54, 1.807) is 11.8 Å². The predicted octanol–water partition coefficient (Wildman–Crippen LogP) is 2.81. The van der Waals surface area contributed by atoms with Crippen LogP contribution in [0.1, 0.15) is 19.3 Å². The summed E-state index contributed by atoms with van der Waals surface area (Å²) in [6.07, 6.45) is 3.59. The Kier molecular flexibility index (Phi) is 6.08. The van der Waals surface area contributed by atoms with Crippen LogP contribution < -0.4 is 4.74 Å². The lowest BCUT2D eigenvalue weighted by Crippen LogP contribution is -2.36. The average molecular weight is 279 g/mol. The highest BCUT2D eigenvalue weighted by molar-refractivity contribution is 7.99. The second kappa shape index (κ2) is 8.10. The summed E-state index contributed by atoms with van der Waals surface area (Å²) >= 11 is 1.66. The van der Waals surface area contributed by atoms with Crippen LogP contribution in [0.4, 0.5) is 0 Å². The van der Waals surface area contributed by atoms with Crippen molar-refractivity contribution in [2.24, 2.45) is 0 Å². The molecule has 1 fully saturated rings. The van der Waals surface area contributed by atoms with E-state index in [9.17, 15) is 4.79 Å². The van der Waals surface area contributed by atoms with Gasteiger partial charge in [-0.25, -0.2) is 0 Å². The van der Waals surface area contributed by atoms with E-state index in [4.69, 9.17) is 4.74 Å². The van der Waals surface area contributed by atoms with Gasteiger partial charge in [-0.05, 0) is 31.4 Å². The minimum atomic E-state index is 0.282. The van der Waals surface area contributed by atoms with Gasteiger partial charge < -0.3 is 9.64 Å². The van der Waals surface area contributed by atoms with Crippen LogP contribution in [0, 0.1) is 0 Å². The number of ether oxygens (including phenoxy) is 1. The first-order valence-corrected chi connectivity index (χ1v) is 8.05. The van der Waals surface area contributed by atoms with Gasteiger partial charge in [-0.2, -0.15) is 0 Å². The number of hydrogen-bond donors (Lipinski definition) is 0. The molecular weight excluding hydrogens is 258 g/mol. The van der Waals surface area contributed by atoms with Gasteiger partial charge in [0.25, 0.3) is 0 Å². The second-order valence-electron chi connectivity index (χ2n) is 4.66. The summed E-state index contributed by atoms with van der Waals surface area (Å²) in [6, 6.07) is 9.79. The molecule has 0 aromatic heterocycles. The fraction of sp³-hybridized carbons (Fsp3) is 0.533. The minimum Gasteiger partial charge on any atom is -0.493 e. The summed E-state index contributed by atoms with van der Waals surface area (Å²) in [7, 11) is 0. The molecule has 1 aromatic carbocycles. The molecule has 1 aliphatic heterocycles. The van der Waals surface area contributed by atoms with Gasteiger partial charge in [0.2, 0.25) is 5.91 Å². The maximum atomic E-state index is 11.9. The van der Waals surface area contributed by atoms with E-state index >= 15 is 0 Å². The Bertz CT molecular complexity index is 377. The third-order valence-electron chi connectivity index (χ3n) is 3.17. The summed E-state index contributed by atoms with van der Waals surface area (Å²) < 4.78 is 5.59. The van der Waals surface area contributed by atoms with Crippen molar-refractivity contribution in [3.63, 3.8) is 0 Å². The number of carbonyl (C=O) groups is 1. The zero-order valence-corrected chi connectivity index (χ0v) is 12.0. The number of para-hydroxylation sites is 1. The van der Waals surface area contributed by atoms with E-state index in [2.05, 4.69) is 0 Å². The Hall–Kier alpha value is -1.16. The summed E-state index contributed by atoms with van der Waals surface area (Å²) in [4.78, 5) is 13.9. The van der Waals surface area contributed by atoms with Crippen LogP contribution in [0.15, 0.2) is 30.3 Å². The lowest BCUT2D eigenvalue weighted by Gasteiger charge is -2.26. The fourth-order valence-corrected chi connectivity index (χ4v) is 2.83. The van der Waals surface area contributed by atoms with Crippen LogP contribution in [0.5, 0.6) is 5.75 Å². The summed E-state index contributed by atoms with van der Waals surface area (Å²) in [5.74, 6) is 2.61. The highest BCUT2D eigenvalue weighted by atomic mass is 32.2. The maximum absolute atomic E-state index is 11.9. The highest BCUT2D eigenvalue weighted by Crippen LogP contribution is 2.12. The first kappa shape index (κ1) is 14.3. The molecule has 0 N–H and O–H groups in total. The summed E-state index contributed by atoms with van der Waals surface area (Å²) in [6.45, 7) is 2.54. The second-order valence-corrected chi connectivity index (χ2v) is 5.76. The molecule has 1 amide bonds. The molecular formula is C15H21NO2S. The van der Waals surface area contributed by atoms with E-state index < -0.39 is 0 Å². The maximum Gasteiger partial charge on any atom is 0.232 e. The molecule has 1 aromatic rings. The first-order chi connectivity index (χ1) is 9.36. The number of nitrogens with zero attached hydrogens (tertiary/aromatic N) is 1. The minimum absolute atomic E-state index is 0.282. The number of likely N-dealkylation sites (tertiary alicyclic amines) is 1. The number of hydrogen-bond acceptors (Lipinski definition) is 3. The molecule has 0 unspecified atom stereocenters. The zero-order chi connectivity index (χ0) is 13.3. The zero-order valence-electron chi connectivity index (χ0n) is 11.2. The number of piperidine rings is 1. The van der Waals surface area contributed by atoms with E-state index in [1.165, 1.54) is 6.42 Å². The van der Waals surface area contributed by atoms with Crippen molar-refractivity contribution in [1.82, 2.24) is 4.90 Å². The van der Waals surface area contributed by atoms with Crippen molar-refractivity contribution in [2.75, 3.05) is 31.2 Å². The average Bonchev–Trinajstić information content (AvgIpc) is 2.49. The molecule has 0 spiro atoms. The molecule has 1 heterocycles. The van der Waals surface area contributed by atoms with Crippen molar-refractivity contribution >= 4 is 17.7 Å². The highest BCUT2D eigenvalue weighted by Gasteiger charge is 2.15. The van der Waals surface area contributed by atoms with Gasteiger partial charge >= 0.3 is 0 Å². The molecule has 104 valence electrons. The van der Waals surface area contributed by atoms with Gasteiger partial charge in [0.1, 0.15) is 5.75 Å². The fourth-order valence-electron chi connectivity index (χ4n) is 2.13. The number of benzene rings is 1. The van der Waals surface area contributed by atoms with Crippen molar-refractivity contribution in [3.05, 3.63) is 30.3 Å². The molecule has 0 aliphatic carbocycles. The van der Waals surface area contributed by atoms with E-state index in [0.29, 0.717) is 12.4 Å². The monoisotopic (exact) mass is 279 g/mol. The number of thioether (sulfide) groups is 1. The molecule has 0 atom stereocenters. The quantitative estimate of drug-likeness (QED) is 0.750. The first-order valence-electron chi connectivity index (χ1n) is 6.89. The van der Waals surface area contributed by atoms with Crippen LogP contribution in [-0.2, 0) is 4.79 Å². The Labute approximate surface area is 119 Å². The Balaban J connectivity index is 1.55. The van der Waals surface area contributed by atoms with Crippen molar-refractivity contribution in [2.45, 2.75) is 19.3 Å². The summed E-state index contributed by atoms with van der Waals surface area (Å²) in [5.41, 5.74) is 0. The van der Waals surface area contributed by atoms with Gasteiger partial charge in [-0.15, -0.1) is 11.8 Å². The topological polar surface area (TPSA) is 29.5 Å². The Morgan fingerprint density at radius 2 is 1.89 bits per heavy atom. The molecule has 19 heavy (non-hydrogen) atoms. The number of carbonyl (C=O) groups excluding carboxylic acids is 1. The molecule has 1 aliphatic rings. The predicted molar refractivity (Wildman–Crippen MR) is 79.7 cm³/mol. The number of rotatable bonds is 6. The standard InChI is InChI=1S/C15H21NO2S/c17-15(16-9-5-2-6-10-16)13-19-12-11-18-14-7-3-1-4-8-14/h1,3-4,7-8H,2,5-6,9-13H2. The Morgan fingerprint density at radius 3 is 2.63 bits per heavy atom. The van der Waals surface area contributed by atoms with Crippen molar-refractivity contribution in [1.29, 1.82) is 0 Å². The SMILES string of the molecule is O=C(CSCCOc1ccccc1)N1CCCCC1.